The number of benzene rings is 1. The summed E-state index contributed by atoms with van der Waals surface area (Å²) in [7, 11) is 0. The van der Waals surface area contributed by atoms with E-state index in [1.807, 2.05) is 25.1 Å². The lowest BCUT2D eigenvalue weighted by Crippen LogP contribution is -2.00. The predicted octanol–water partition coefficient (Wildman–Crippen LogP) is 3.35. The van der Waals surface area contributed by atoms with Crippen LogP contribution in [0.15, 0.2) is 22.7 Å². The van der Waals surface area contributed by atoms with Gasteiger partial charge in [-0.3, -0.25) is 4.79 Å². The van der Waals surface area contributed by atoms with Crippen molar-refractivity contribution in [1.82, 2.24) is 0 Å². The van der Waals surface area contributed by atoms with E-state index in [9.17, 15) is 4.79 Å². The molecule has 0 N–H and O–H groups in total. The smallest absolute Gasteiger partial charge is 0.164 e. The molecule has 1 aromatic rings. The van der Waals surface area contributed by atoms with Crippen LogP contribution in [0.2, 0.25) is 0 Å². The van der Waals surface area contributed by atoms with Gasteiger partial charge in [0, 0.05) is 22.9 Å². The van der Waals surface area contributed by atoms with Gasteiger partial charge in [-0.25, -0.2) is 0 Å². The maximum atomic E-state index is 11.6. The summed E-state index contributed by atoms with van der Waals surface area (Å²) in [6.07, 6.45) is 6.05. The average molecular weight is 251 g/mol. The highest BCUT2D eigenvalue weighted by Crippen LogP contribution is 2.17. The first-order valence-corrected chi connectivity index (χ1v) is 5.17. The Morgan fingerprint density at radius 3 is 2.86 bits per heavy atom. The zero-order chi connectivity index (χ0) is 10.6. The standard InChI is InChI=1S/C12H11BrO/c1-3-4-5-12(14)11-7-6-10(13)8-9(11)2/h1,6-8H,4-5H2,2H3. The molecule has 0 saturated carbocycles. The molecule has 0 fully saturated rings. The minimum absolute atomic E-state index is 0.118. The number of aryl methyl sites for hydroxylation is 1. The molecular formula is C12H11BrO. The average Bonchev–Trinajstić information content (AvgIpc) is 2.14. The topological polar surface area (TPSA) is 17.1 Å². The Morgan fingerprint density at radius 1 is 1.57 bits per heavy atom. The Bertz CT molecular complexity index is 388. The molecule has 0 heterocycles. The van der Waals surface area contributed by atoms with E-state index in [1.54, 1.807) is 0 Å². The summed E-state index contributed by atoms with van der Waals surface area (Å²) in [5.41, 5.74) is 1.75. The Hall–Kier alpha value is -1.07. The van der Waals surface area contributed by atoms with Gasteiger partial charge in [-0.15, -0.1) is 12.3 Å². The second-order valence-corrected chi connectivity index (χ2v) is 4.00. The van der Waals surface area contributed by atoms with Crippen molar-refractivity contribution in [3.8, 4) is 12.3 Å². The molecule has 0 spiro atoms. The van der Waals surface area contributed by atoms with Crippen molar-refractivity contribution in [2.24, 2.45) is 0 Å². The fourth-order valence-corrected chi connectivity index (χ4v) is 1.74. The van der Waals surface area contributed by atoms with Gasteiger partial charge in [-0.2, -0.15) is 0 Å². The molecular weight excluding hydrogens is 240 g/mol. The number of ketones is 1. The zero-order valence-electron chi connectivity index (χ0n) is 8.01. The van der Waals surface area contributed by atoms with Gasteiger partial charge in [0.25, 0.3) is 0 Å². The quantitative estimate of drug-likeness (QED) is 0.594. The molecule has 0 aliphatic carbocycles. The van der Waals surface area contributed by atoms with Gasteiger partial charge >= 0.3 is 0 Å². The molecule has 0 atom stereocenters. The Morgan fingerprint density at radius 2 is 2.29 bits per heavy atom. The van der Waals surface area contributed by atoms with E-state index >= 15 is 0 Å². The number of rotatable bonds is 3. The van der Waals surface area contributed by atoms with Gasteiger partial charge in [-0.05, 0) is 24.6 Å². The molecule has 14 heavy (non-hydrogen) atoms. The van der Waals surface area contributed by atoms with Crippen molar-refractivity contribution in [1.29, 1.82) is 0 Å². The summed E-state index contributed by atoms with van der Waals surface area (Å²) in [4.78, 5) is 11.6. The minimum atomic E-state index is 0.118. The van der Waals surface area contributed by atoms with Crippen molar-refractivity contribution in [3.63, 3.8) is 0 Å². The molecule has 0 saturated heterocycles. The van der Waals surface area contributed by atoms with Gasteiger partial charge < -0.3 is 0 Å². The first-order chi connectivity index (χ1) is 6.65. The maximum absolute atomic E-state index is 11.6. The Labute approximate surface area is 92.6 Å². The van der Waals surface area contributed by atoms with Crippen LogP contribution < -0.4 is 0 Å². The minimum Gasteiger partial charge on any atom is -0.294 e. The van der Waals surface area contributed by atoms with Gasteiger partial charge in [0.05, 0.1) is 0 Å². The van der Waals surface area contributed by atoms with Gasteiger partial charge in [0.1, 0.15) is 0 Å². The lowest BCUT2D eigenvalue weighted by molar-refractivity contribution is 0.0983. The van der Waals surface area contributed by atoms with Crippen molar-refractivity contribution >= 4 is 21.7 Å². The van der Waals surface area contributed by atoms with E-state index in [2.05, 4.69) is 21.9 Å². The van der Waals surface area contributed by atoms with Crippen LogP contribution in [0, 0.1) is 19.3 Å². The third-order valence-electron chi connectivity index (χ3n) is 1.99. The molecule has 0 aliphatic rings. The monoisotopic (exact) mass is 250 g/mol. The van der Waals surface area contributed by atoms with Crippen LogP contribution >= 0.6 is 15.9 Å². The van der Waals surface area contributed by atoms with Crippen LogP contribution in [0.3, 0.4) is 0 Å². The molecule has 72 valence electrons. The number of hydrogen-bond donors (Lipinski definition) is 0. The second kappa shape index (κ2) is 4.97. The van der Waals surface area contributed by atoms with Crippen molar-refractivity contribution in [2.75, 3.05) is 0 Å². The summed E-state index contributed by atoms with van der Waals surface area (Å²) in [5, 5.41) is 0. The highest BCUT2D eigenvalue weighted by atomic mass is 79.9. The third kappa shape index (κ3) is 2.71. The van der Waals surface area contributed by atoms with E-state index < -0.39 is 0 Å². The molecule has 1 aromatic carbocycles. The van der Waals surface area contributed by atoms with E-state index in [0.29, 0.717) is 12.8 Å². The van der Waals surface area contributed by atoms with E-state index in [1.165, 1.54) is 0 Å². The van der Waals surface area contributed by atoms with Crippen LogP contribution in [-0.4, -0.2) is 5.78 Å². The molecule has 0 aromatic heterocycles. The first kappa shape index (κ1) is 11.0. The molecule has 1 nitrogen and oxygen atoms in total. The summed E-state index contributed by atoms with van der Waals surface area (Å²) in [6.45, 7) is 1.92. The zero-order valence-corrected chi connectivity index (χ0v) is 9.60. The SMILES string of the molecule is C#CCCC(=O)c1ccc(Br)cc1C. The molecule has 0 radical (unpaired) electrons. The predicted molar refractivity (Wildman–Crippen MR) is 61.3 cm³/mol. The van der Waals surface area contributed by atoms with Crippen LogP contribution in [0.4, 0.5) is 0 Å². The van der Waals surface area contributed by atoms with Crippen LogP contribution in [0.1, 0.15) is 28.8 Å². The lowest BCUT2D eigenvalue weighted by Gasteiger charge is -2.03. The summed E-state index contributed by atoms with van der Waals surface area (Å²) in [5.74, 6) is 2.59. The van der Waals surface area contributed by atoms with Crippen LogP contribution in [0.25, 0.3) is 0 Å². The van der Waals surface area contributed by atoms with E-state index in [0.717, 1.165) is 15.6 Å². The molecule has 0 unspecified atom stereocenters. The second-order valence-electron chi connectivity index (χ2n) is 3.09. The lowest BCUT2D eigenvalue weighted by atomic mass is 10.0. The molecule has 0 amide bonds. The number of halogens is 1. The summed E-state index contributed by atoms with van der Waals surface area (Å²) >= 11 is 3.35. The fourth-order valence-electron chi connectivity index (χ4n) is 1.26. The number of hydrogen-bond acceptors (Lipinski definition) is 1. The third-order valence-corrected chi connectivity index (χ3v) is 2.48. The number of terminal acetylenes is 1. The fraction of sp³-hybridized carbons (Fsp3) is 0.250. The van der Waals surface area contributed by atoms with Crippen molar-refractivity contribution in [3.05, 3.63) is 33.8 Å². The summed E-state index contributed by atoms with van der Waals surface area (Å²) < 4.78 is 0.989. The Balaban J connectivity index is 2.86. The molecule has 0 aliphatic heterocycles. The maximum Gasteiger partial charge on any atom is 0.164 e. The number of carbonyl (C=O) groups is 1. The van der Waals surface area contributed by atoms with Crippen LogP contribution in [0.5, 0.6) is 0 Å². The van der Waals surface area contributed by atoms with Gasteiger partial charge in [0.15, 0.2) is 5.78 Å². The van der Waals surface area contributed by atoms with Gasteiger partial charge in [0.2, 0.25) is 0 Å². The highest BCUT2D eigenvalue weighted by molar-refractivity contribution is 9.10. The molecule has 2 heteroatoms. The largest absolute Gasteiger partial charge is 0.294 e. The van der Waals surface area contributed by atoms with Crippen molar-refractivity contribution in [2.45, 2.75) is 19.8 Å². The summed E-state index contributed by atoms with van der Waals surface area (Å²) in [6, 6.07) is 5.64. The number of carbonyl (C=O) groups excluding carboxylic acids is 1. The van der Waals surface area contributed by atoms with Gasteiger partial charge in [-0.1, -0.05) is 22.0 Å². The van der Waals surface area contributed by atoms with E-state index in [4.69, 9.17) is 6.42 Å². The van der Waals surface area contributed by atoms with Crippen LogP contribution in [-0.2, 0) is 0 Å². The Kier molecular flexibility index (Phi) is 3.91. The number of Topliss-reactive ketones (excluding diaryl/α,β-unsaturated/α-hetero) is 1. The van der Waals surface area contributed by atoms with E-state index in [-0.39, 0.29) is 5.78 Å². The molecule has 0 bridgehead atoms. The highest BCUT2D eigenvalue weighted by Gasteiger charge is 2.07. The van der Waals surface area contributed by atoms with Crippen molar-refractivity contribution < 1.29 is 4.79 Å². The molecule has 1 rings (SSSR count). The first-order valence-electron chi connectivity index (χ1n) is 4.38. The normalized spacial score (nSPS) is 9.50.